The Balaban J connectivity index is 1.74. The number of amides is 1. The van der Waals surface area contributed by atoms with Crippen molar-refractivity contribution in [3.8, 4) is 5.75 Å². The minimum Gasteiger partial charge on any atom is -0.507 e. The second-order valence-corrected chi connectivity index (χ2v) is 8.85. The van der Waals surface area contributed by atoms with Crippen LogP contribution in [0.3, 0.4) is 0 Å². The molecule has 0 aliphatic carbocycles. The van der Waals surface area contributed by atoms with E-state index in [-0.39, 0.29) is 29.5 Å². The van der Waals surface area contributed by atoms with Gasteiger partial charge in [-0.1, -0.05) is 32.0 Å². The van der Waals surface area contributed by atoms with E-state index in [4.69, 9.17) is 4.74 Å². The third kappa shape index (κ3) is 4.44. The number of likely N-dealkylation sites (tertiary alicyclic amines) is 1. The van der Waals surface area contributed by atoms with Crippen molar-refractivity contribution in [3.05, 3.63) is 70.5 Å². The molecule has 0 spiro atoms. The molecule has 1 N–H and O–H groups in total. The Kier molecular flexibility index (Phi) is 7.03. The molecule has 0 bridgehead atoms. The van der Waals surface area contributed by atoms with Crippen LogP contribution >= 0.6 is 0 Å². The molecule has 0 saturated carbocycles. The lowest BCUT2D eigenvalue weighted by Crippen LogP contribution is -2.33. The first-order valence-corrected chi connectivity index (χ1v) is 11.9. The number of hydrogen-bond acceptors (Lipinski definition) is 5. The van der Waals surface area contributed by atoms with Gasteiger partial charge in [-0.15, -0.1) is 0 Å². The molecule has 0 radical (unpaired) electrons. The minimum absolute atomic E-state index is 0.0298. The summed E-state index contributed by atoms with van der Waals surface area (Å²) in [7, 11) is 0. The predicted octanol–water partition coefficient (Wildman–Crippen LogP) is 4.30. The molecule has 180 valence electrons. The predicted molar refractivity (Wildman–Crippen MR) is 128 cm³/mol. The lowest BCUT2D eigenvalue weighted by Gasteiger charge is -2.27. The van der Waals surface area contributed by atoms with Crippen molar-refractivity contribution >= 4 is 17.4 Å². The highest BCUT2D eigenvalue weighted by atomic mass is 19.1. The number of benzene rings is 2. The topological polar surface area (TPSA) is 70.1 Å². The van der Waals surface area contributed by atoms with Gasteiger partial charge >= 0.3 is 0 Å². The highest BCUT2D eigenvalue weighted by Gasteiger charge is 2.46. The average molecular weight is 467 g/mol. The molecule has 6 nitrogen and oxygen atoms in total. The number of Topliss-reactive ketones (excluding diaryl/α,β-unsaturated/α-hetero) is 1. The number of rotatable bonds is 8. The van der Waals surface area contributed by atoms with Crippen molar-refractivity contribution in [3.63, 3.8) is 0 Å². The van der Waals surface area contributed by atoms with Crippen LogP contribution in [0.1, 0.15) is 49.9 Å². The summed E-state index contributed by atoms with van der Waals surface area (Å²) in [5, 5.41) is 11.2. The van der Waals surface area contributed by atoms with Gasteiger partial charge in [-0.25, -0.2) is 4.39 Å². The van der Waals surface area contributed by atoms with E-state index in [1.807, 2.05) is 6.92 Å². The van der Waals surface area contributed by atoms with E-state index >= 15 is 0 Å². The number of ketones is 1. The van der Waals surface area contributed by atoms with Crippen LogP contribution in [0.25, 0.3) is 5.76 Å². The Labute approximate surface area is 199 Å². The van der Waals surface area contributed by atoms with Gasteiger partial charge < -0.3 is 19.6 Å². The van der Waals surface area contributed by atoms with E-state index in [0.29, 0.717) is 18.4 Å². The van der Waals surface area contributed by atoms with E-state index in [9.17, 15) is 19.1 Å². The minimum atomic E-state index is -0.985. The lowest BCUT2D eigenvalue weighted by atomic mass is 9.94. The zero-order valence-electron chi connectivity index (χ0n) is 19.9. The van der Waals surface area contributed by atoms with Gasteiger partial charge in [0.2, 0.25) is 0 Å². The summed E-state index contributed by atoms with van der Waals surface area (Å²) in [5.41, 5.74) is 1.46. The Morgan fingerprint density at radius 2 is 1.91 bits per heavy atom. The van der Waals surface area contributed by atoms with Gasteiger partial charge in [-0.2, -0.15) is 0 Å². The van der Waals surface area contributed by atoms with Gasteiger partial charge in [0.15, 0.2) is 0 Å². The third-order valence-corrected chi connectivity index (χ3v) is 6.68. The van der Waals surface area contributed by atoms with Crippen molar-refractivity contribution in [2.75, 3.05) is 26.2 Å². The first-order chi connectivity index (χ1) is 16.3. The number of aliphatic hydroxyl groups excluding tert-OH is 1. The molecule has 1 amide bonds. The first-order valence-electron chi connectivity index (χ1n) is 11.9. The maximum Gasteiger partial charge on any atom is 0.295 e. The maximum absolute atomic E-state index is 14.9. The van der Waals surface area contributed by atoms with Crippen LogP contribution < -0.4 is 4.74 Å². The first kappa shape index (κ1) is 24.0. The molecule has 34 heavy (non-hydrogen) atoms. The van der Waals surface area contributed by atoms with Crippen LogP contribution in [-0.4, -0.2) is 58.9 Å². The molecule has 4 rings (SSSR count). The average Bonchev–Trinajstić information content (AvgIpc) is 3.32. The summed E-state index contributed by atoms with van der Waals surface area (Å²) in [5.74, 6) is -1.58. The highest BCUT2D eigenvalue weighted by molar-refractivity contribution is 6.46. The fourth-order valence-corrected chi connectivity index (χ4v) is 4.86. The molecular formula is C27H31FN2O4. The number of aliphatic hydroxyl groups is 1. The highest BCUT2D eigenvalue weighted by Crippen LogP contribution is 2.41. The van der Waals surface area contributed by atoms with Crippen molar-refractivity contribution < 1.29 is 23.8 Å². The molecular weight excluding hydrogens is 435 g/mol. The Morgan fingerprint density at radius 3 is 2.62 bits per heavy atom. The van der Waals surface area contributed by atoms with Crippen molar-refractivity contribution in [2.45, 2.75) is 45.8 Å². The zero-order valence-corrected chi connectivity index (χ0v) is 19.9. The van der Waals surface area contributed by atoms with Crippen LogP contribution in [0, 0.1) is 5.82 Å². The summed E-state index contributed by atoms with van der Waals surface area (Å²) in [6.07, 6.45) is 1.35. The van der Waals surface area contributed by atoms with Gasteiger partial charge in [0.1, 0.15) is 23.4 Å². The van der Waals surface area contributed by atoms with Crippen LogP contribution in [0.4, 0.5) is 4.39 Å². The molecule has 2 aliphatic rings. The summed E-state index contributed by atoms with van der Waals surface area (Å²) in [4.78, 5) is 29.8. The molecule has 2 atom stereocenters. The number of fused-ring (bicyclic) bond motifs is 1. The van der Waals surface area contributed by atoms with Gasteiger partial charge in [0, 0.05) is 24.1 Å². The molecule has 2 heterocycles. The summed E-state index contributed by atoms with van der Waals surface area (Å²) in [6.45, 7) is 8.89. The summed E-state index contributed by atoms with van der Waals surface area (Å²) < 4.78 is 20.6. The number of hydrogen-bond donors (Lipinski definition) is 1. The lowest BCUT2D eigenvalue weighted by molar-refractivity contribution is -0.140. The number of ether oxygens (including phenoxy) is 1. The standard InChI is InChI=1S/C27H31FN2O4/c1-4-29(5-2)13-8-14-30-24(20-9-6-7-10-21(20)28)23(26(32)27(30)33)25(31)18-11-12-22-19(16-18)15-17(3)34-22/h6-7,9-12,16-17,24,31H,4-5,8,13-15H2,1-3H3/b25-23+/t17-,24-/m0/s1. The van der Waals surface area contributed by atoms with E-state index in [1.165, 1.54) is 11.0 Å². The van der Waals surface area contributed by atoms with Crippen molar-refractivity contribution in [2.24, 2.45) is 0 Å². The van der Waals surface area contributed by atoms with E-state index in [1.54, 1.807) is 36.4 Å². The van der Waals surface area contributed by atoms with Crippen LogP contribution in [-0.2, 0) is 16.0 Å². The van der Waals surface area contributed by atoms with Gasteiger partial charge in [-0.3, -0.25) is 9.59 Å². The molecule has 7 heteroatoms. The van der Waals surface area contributed by atoms with E-state index < -0.39 is 23.5 Å². The fraction of sp³-hybridized carbons (Fsp3) is 0.407. The van der Waals surface area contributed by atoms with Crippen LogP contribution in [0.5, 0.6) is 5.75 Å². The quantitative estimate of drug-likeness (QED) is 0.357. The van der Waals surface area contributed by atoms with Gasteiger partial charge in [0.25, 0.3) is 11.7 Å². The van der Waals surface area contributed by atoms with E-state index in [0.717, 1.165) is 30.9 Å². The Hall–Kier alpha value is -3.19. The molecule has 0 unspecified atom stereocenters. The number of halogens is 1. The Bertz CT molecular complexity index is 1130. The number of carbonyl (C=O) groups excluding carboxylic acids is 2. The Morgan fingerprint density at radius 1 is 1.18 bits per heavy atom. The smallest absolute Gasteiger partial charge is 0.295 e. The molecule has 2 aromatic rings. The fourth-order valence-electron chi connectivity index (χ4n) is 4.86. The van der Waals surface area contributed by atoms with Crippen LogP contribution in [0.2, 0.25) is 0 Å². The SMILES string of the molecule is CCN(CC)CCCN1C(=O)C(=O)/C(=C(/O)c2ccc3c(c2)C[C@H](C)O3)[C@@H]1c1ccccc1F. The zero-order chi connectivity index (χ0) is 24.4. The monoisotopic (exact) mass is 466 g/mol. The largest absolute Gasteiger partial charge is 0.507 e. The molecule has 2 aromatic carbocycles. The number of carbonyl (C=O) groups is 2. The van der Waals surface area contributed by atoms with Gasteiger partial charge in [-0.05, 0) is 62.8 Å². The van der Waals surface area contributed by atoms with Crippen LogP contribution in [0.15, 0.2) is 48.0 Å². The molecule has 2 aliphatic heterocycles. The normalized spacial score (nSPS) is 21.3. The van der Waals surface area contributed by atoms with Crippen molar-refractivity contribution in [1.82, 2.24) is 9.80 Å². The van der Waals surface area contributed by atoms with Crippen molar-refractivity contribution in [1.29, 1.82) is 0 Å². The number of nitrogens with zero attached hydrogens (tertiary/aromatic N) is 2. The second-order valence-electron chi connectivity index (χ2n) is 8.85. The summed E-state index contributed by atoms with van der Waals surface area (Å²) in [6, 6.07) is 10.3. The molecule has 0 aromatic heterocycles. The summed E-state index contributed by atoms with van der Waals surface area (Å²) >= 11 is 0. The second kappa shape index (κ2) is 9.97. The molecule has 1 fully saturated rings. The maximum atomic E-state index is 14.9. The third-order valence-electron chi connectivity index (χ3n) is 6.68. The molecule has 1 saturated heterocycles. The van der Waals surface area contributed by atoms with Gasteiger partial charge in [0.05, 0.1) is 11.6 Å². The van der Waals surface area contributed by atoms with E-state index in [2.05, 4.69) is 18.7 Å².